The van der Waals surface area contributed by atoms with Crippen LogP contribution in [0.1, 0.15) is 32.1 Å². The number of ether oxygens (including phenoxy) is 1. The molecule has 0 amide bonds. The van der Waals surface area contributed by atoms with Crippen molar-refractivity contribution in [1.29, 1.82) is 0 Å². The lowest BCUT2D eigenvalue weighted by atomic mass is 9.62. The van der Waals surface area contributed by atoms with Gasteiger partial charge in [-0.15, -0.1) is 0 Å². The molecule has 1 aromatic carbocycles. The Labute approximate surface area is 113 Å². The lowest BCUT2D eigenvalue weighted by Gasteiger charge is -2.51. The smallest absolute Gasteiger partial charge is 0.203 e. The molecule has 20 heavy (non-hydrogen) atoms. The Hall–Kier alpha value is -1.30. The molecule has 1 N–H and O–H groups in total. The predicted molar refractivity (Wildman–Crippen MR) is 62.2 cm³/mol. The quantitative estimate of drug-likeness (QED) is 0.669. The van der Waals surface area contributed by atoms with E-state index >= 15 is 0 Å². The van der Waals surface area contributed by atoms with E-state index in [-0.39, 0.29) is 12.5 Å². The maximum Gasteiger partial charge on any atom is 0.203 e. The number of rotatable bonds is 2. The maximum atomic E-state index is 13.6. The standard InChI is InChI=1S/C14H14F4O2/c15-7-5-8(16)12(18)13(11(7)17)20-10-6-9(19)14(10)3-1-2-4-14/h5,9-10,19H,1-4,6H2. The van der Waals surface area contributed by atoms with Crippen LogP contribution < -0.4 is 4.74 Å². The van der Waals surface area contributed by atoms with E-state index in [9.17, 15) is 22.7 Å². The van der Waals surface area contributed by atoms with Gasteiger partial charge in [0, 0.05) is 17.9 Å². The molecule has 0 radical (unpaired) electrons. The molecule has 0 bridgehead atoms. The summed E-state index contributed by atoms with van der Waals surface area (Å²) in [7, 11) is 0. The van der Waals surface area contributed by atoms with Crippen LogP contribution in [-0.4, -0.2) is 17.3 Å². The predicted octanol–water partition coefficient (Wildman–Crippen LogP) is 3.32. The molecule has 2 aliphatic rings. The first kappa shape index (κ1) is 13.7. The first-order valence-corrected chi connectivity index (χ1v) is 6.63. The van der Waals surface area contributed by atoms with E-state index in [1.807, 2.05) is 0 Å². The van der Waals surface area contributed by atoms with Gasteiger partial charge in [0.25, 0.3) is 0 Å². The largest absolute Gasteiger partial charge is 0.483 e. The van der Waals surface area contributed by atoms with Crippen molar-refractivity contribution in [3.63, 3.8) is 0 Å². The summed E-state index contributed by atoms with van der Waals surface area (Å²) in [6.07, 6.45) is 2.22. The summed E-state index contributed by atoms with van der Waals surface area (Å²) in [6.45, 7) is 0. The van der Waals surface area contributed by atoms with Crippen molar-refractivity contribution in [2.24, 2.45) is 5.41 Å². The summed E-state index contributed by atoms with van der Waals surface area (Å²) in [4.78, 5) is 0. The average molecular weight is 290 g/mol. The minimum atomic E-state index is -1.53. The zero-order chi connectivity index (χ0) is 14.5. The molecule has 2 aliphatic carbocycles. The van der Waals surface area contributed by atoms with Gasteiger partial charge < -0.3 is 9.84 Å². The highest BCUT2D eigenvalue weighted by Crippen LogP contribution is 2.55. The van der Waals surface area contributed by atoms with Crippen LogP contribution in [0.25, 0.3) is 0 Å². The third-order valence-electron chi connectivity index (χ3n) is 4.61. The Balaban J connectivity index is 1.89. The molecule has 0 aliphatic heterocycles. The second-order valence-corrected chi connectivity index (χ2v) is 5.60. The highest BCUT2D eigenvalue weighted by atomic mass is 19.2. The van der Waals surface area contributed by atoms with Gasteiger partial charge in [-0.25, -0.2) is 8.78 Å². The second kappa shape index (κ2) is 4.62. The molecule has 2 fully saturated rings. The third-order valence-corrected chi connectivity index (χ3v) is 4.61. The molecule has 0 aromatic heterocycles. The molecule has 6 heteroatoms. The Kier molecular flexibility index (Phi) is 3.16. The van der Waals surface area contributed by atoms with Crippen LogP contribution in [0.2, 0.25) is 0 Å². The summed E-state index contributed by atoms with van der Waals surface area (Å²) < 4.78 is 58.6. The van der Waals surface area contributed by atoms with E-state index in [1.165, 1.54) is 0 Å². The van der Waals surface area contributed by atoms with Crippen molar-refractivity contribution in [2.75, 3.05) is 0 Å². The van der Waals surface area contributed by atoms with Gasteiger partial charge in [0.1, 0.15) is 6.10 Å². The van der Waals surface area contributed by atoms with Crippen molar-refractivity contribution < 1.29 is 27.4 Å². The minimum absolute atomic E-state index is 0.151. The van der Waals surface area contributed by atoms with Gasteiger partial charge >= 0.3 is 0 Å². The van der Waals surface area contributed by atoms with Crippen molar-refractivity contribution in [3.8, 4) is 5.75 Å². The van der Waals surface area contributed by atoms with Crippen LogP contribution in [0.15, 0.2) is 6.07 Å². The van der Waals surface area contributed by atoms with Gasteiger partial charge in [-0.1, -0.05) is 12.8 Å². The van der Waals surface area contributed by atoms with Crippen molar-refractivity contribution >= 4 is 0 Å². The maximum absolute atomic E-state index is 13.6. The molecular weight excluding hydrogens is 276 g/mol. The molecule has 110 valence electrons. The molecule has 2 atom stereocenters. The van der Waals surface area contributed by atoms with Gasteiger partial charge in [0.05, 0.1) is 6.10 Å². The zero-order valence-electron chi connectivity index (χ0n) is 10.6. The minimum Gasteiger partial charge on any atom is -0.483 e. The molecule has 2 saturated carbocycles. The topological polar surface area (TPSA) is 29.5 Å². The number of halogens is 4. The van der Waals surface area contributed by atoms with Crippen LogP contribution in [0.3, 0.4) is 0 Å². The lowest BCUT2D eigenvalue weighted by molar-refractivity contribution is -0.153. The summed E-state index contributed by atoms with van der Waals surface area (Å²) >= 11 is 0. The van der Waals surface area contributed by atoms with E-state index in [0.717, 1.165) is 12.8 Å². The number of hydrogen-bond donors (Lipinski definition) is 1. The molecule has 0 saturated heterocycles. The van der Waals surface area contributed by atoms with E-state index in [2.05, 4.69) is 0 Å². The van der Waals surface area contributed by atoms with Crippen LogP contribution in [0.4, 0.5) is 17.6 Å². The number of aliphatic hydroxyl groups is 1. The summed E-state index contributed by atoms with van der Waals surface area (Å²) in [5.74, 6) is -7.05. The van der Waals surface area contributed by atoms with E-state index < -0.39 is 46.6 Å². The van der Waals surface area contributed by atoms with E-state index in [1.54, 1.807) is 0 Å². The van der Waals surface area contributed by atoms with E-state index in [0.29, 0.717) is 12.8 Å². The van der Waals surface area contributed by atoms with Gasteiger partial charge in [-0.3, -0.25) is 0 Å². The fourth-order valence-corrected chi connectivity index (χ4v) is 3.38. The van der Waals surface area contributed by atoms with Gasteiger partial charge in [-0.05, 0) is 12.8 Å². The molecule has 2 unspecified atom stereocenters. The van der Waals surface area contributed by atoms with Crippen molar-refractivity contribution in [1.82, 2.24) is 0 Å². The third kappa shape index (κ3) is 1.81. The van der Waals surface area contributed by atoms with Crippen LogP contribution >= 0.6 is 0 Å². The van der Waals surface area contributed by atoms with Crippen molar-refractivity contribution in [2.45, 2.75) is 44.3 Å². The molecule has 1 spiro atoms. The number of benzene rings is 1. The molecule has 3 rings (SSSR count). The van der Waals surface area contributed by atoms with E-state index in [4.69, 9.17) is 4.74 Å². The monoisotopic (exact) mass is 290 g/mol. The van der Waals surface area contributed by atoms with Gasteiger partial charge in [0.2, 0.25) is 11.6 Å². The van der Waals surface area contributed by atoms with Crippen LogP contribution in [-0.2, 0) is 0 Å². The van der Waals surface area contributed by atoms with Gasteiger partial charge in [0.15, 0.2) is 17.4 Å². The normalized spacial score (nSPS) is 27.6. The number of aliphatic hydroxyl groups excluding tert-OH is 1. The SMILES string of the molecule is OC1CC(Oc2c(F)c(F)cc(F)c2F)C12CCCC2. The summed E-state index contributed by atoms with van der Waals surface area (Å²) in [5.41, 5.74) is -0.526. The van der Waals surface area contributed by atoms with Crippen LogP contribution in [0.5, 0.6) is 5.75 Å². The second-order valence-electron chi connectivity index (χ2n) is 5.60. The fraction of sp³-hybridized carbons (Fsp3) is 0.571. The Morgan fingerprint density at radius 3 is 2.10 bits per heavy atom. The Bertz CT molecular complexity index is 514. The number of hydrogen-bond acceptors (Lipinski definition) is 2. The lowest BCUT2D eigenvalue weighted by Crippen LogP contribution is -2.58. The molecule has 0 heterocycles. The average Bonchev–Trinajstić information content (AvgIpc) is 2.92. The molecular formula is C14H14F4O2. The Morgan fingerprint density at radius 1 is 1.05 bits per heavy atom. The molecule has 1 aromatic rings. The first-order chi connectivity index (χ1) is 9.45. The summed E-state index contributed by atoms with van der Waals surface area (Å²) in [6, 6.07) is 0.151. The Morgan fingerprint density at radius 2 is 1.60 bits per heavy atom. The first-order valence-electron chi connectivity index (χ1n) is 6.63. The fourth-order valence-electron chi connectivity index (χ4n) is 3.38. The highest BCUT2D eigenvalue weighted by molar-refractivity contribution is 5.29. The summed E-state index contributed by atoms with van der Waals surface area (Å²) in [5, 5.41) is 9.88. The highest BCUT2D eigenvalue weighted by Gasteiger charge is 2.57. The van der Waals surface area contributed by atoms with Gasteiger partial charge in [-0.2, -0.15) is 8.78 Å². The van der Waals surface area contributed by atoms with Crippen molar-refractivity contribution in [3.05, 3.63) is 29.3 Å². The van der Waals surface area contributed by atoms with Crippen LogP contribution in [0, 0.1) is 28.7 Å². The molecule has 2 nitrogen and oxygen atoms in total. The zero-order valence-corrected chi connectivity index (χ0v) is 10.6.